The monoisotopic (exact) mass is 453 g/mol. The predicted molar refractivity (Wildman–Crippen MR) is 118 cm³/mol. The van der Waals surface area contributed by atoms with Crippen molar-refractivity contribution in [1.82, 2.24) is 14.7 Å². The standard InChI is InChI=1S/C25H25F2N3O3/c1-29-14-19(12-28-29)17-7-5-16(6-8-17)13-30-15-18-3-2-4-22(23(18)24(30)32)33-21-9-10-25(26,27)11-20(21)31/h2-8,12,14,20-21,31H,9-11,13,15H2,1H3/t20-,21-/m1/s1. The molecular formula is C25H25F2N3O3. The van der Waals surface area contributed by atoms with E-state index in [9.17, 15) is 18.7 Å². The van der Waals surface area contributed by atoms with Crippen LogP contribution in [0.25, 0.3) is 11.1 Å². The molecule has 2 aromatic carbocycles. The van der Waals surface area contributed by atoms with Crippen molar-refractivity contribution < 1.29 is 23.4 Å². The number of amides is 1. The molecule has 1 aliphatic carbocycles. The first-order valence-electron chi connectivity index (χ1n) is 11.0. The normalized spacial score (nSPS) is 21.8. The van der Waals surface area contributed by atoms with Crippen molar-refractivity contribution in [1.29, 1.82) is 0 Å². The van der Waals surface area contributed by atoms with Gasteiger partial charge in [0.15, 0.2) is 0 Å². The van der Waals surface area contributed by atoms with Crippen molar-refractivity contribution in [3.05, 3.63) is 71.5 Å². The summed E-state index contributed by atoms with van der Waals surface area (Å²) in [5.41, 5.74) is 4.36. The zero-order valence-corrected chi connectivity index (χ0v) is 18.2. The van der Waals surface area contributed by atoms with Gasteiger partial charge < -0.3 is 14.7 Å². The number of aryl methyl sites for hydroxylation is 1. The molecule has 1 saturated carbocycles. The fourth-order valence-electron chi connectivity index (χ4n) is 4.59. The van der Waals surface area contributed by atoms with Gasteiger partial charge in [0.25, 0.3) is 11.8 Å². The third-order valence-corrected chi connectivity index (χ3v) is 6.35. The number of carbonyl (C=O) groups excluding carboxylic acids is 1. The van der Waals surface area contributed by atoms with E-state index in [0.717, 1.165) is 22.3 Å². The number of alkyl halides is 2. The van der Waals surface area contributed by atoms with E-state index in [1.54, 1.807) is 21.7 Å². The van der Waals surface area contributed by atoms with E-state index in [-0.39, 0.29) is 18.7 Å². The number of rotatable bonds is 5. The second kappa shape index (κ2) is 8.26. The van der Waals surface area contributed by atoms with Crippen LogP contribution in [0.1, 0.15) is 40.7 Å². The summed E-state index contributed by atoms with van der Waals surface area (Å²) in [6.45, 7) is 0.888. The van der Waals surface area contributed by atoms with Crippen LogP contribution in [0, 0.1) is 0 Å². The lowest BCUT2D eigenvalue weighted by atomic mass is 9.91. The Balaban J connectivity index is 1.29. The summed E-state index contributed by atoms with van der Waals surface area (Å²) in [6, 6.07) is 13.3. The molecule has 0 radical (unpaired) electrons. The number of hydrogen-bond donors (Lipinski definition) is 1. The zero-order valence-electron chi connectivity index (χ0n) is 18.2. The average molecular weight is 453 g/mol. The van der Waals surface area contributed by atoms with Gasteiger partial charge in [-0.3, -0.25) is 9.48 Å². The number of nitrogens with zero attached hydrogens (tertiary/aromatic N) is 3. The molecule has 1 amide bonds. The summed E-state index contributed by atoms with van der Waals surface area (Å²) >= 11 is 0. The number of hydrogen-bond acceptors (Lipinski definition) is 4. The summed E-state index contributed by atoms with van der Waals surface area (Å²) in [7, 11) is 1.87. The van der Waals surface area contributed by atoms with Crippen LogP contribution in [-0.4, -0.2) is 43.8 Å². The van der Waals surface area contributed by atoms with Gasteiger partial charge in [0, 0.05) is 44.7 Å². The summed E-state index contributed by atoms with van der Waals surface area (Å²) < 4.78 is 34.7. The fraction of sp³-hybridized carbons (Fsp3) is 0.360. The number of aliphatic hydroxyl groups excluding tert-OH is 1. The first-order chi connectivity index (χ1) is 15.8. The Hall–Kier alpha value is -3.26. The second-order valence-corrected chi connectivity index (χ2v) is 8.87. The van der Waals surface area contributed by atoms with E-state index in [0.29, 0.717) is 24.4 Å². The Labute approximate surface area is 190 Å². The Morgan fingerprint density at radius 1 is 1.18 bits per heavy atom. The first kappa shape index (κ1) is 21.6. The minimum Gasteiger partial charge on any atom is -0.487 e. The molecule has 0 unspecified atom stereocenters. The lowest BCUT2D eigenvalue weighted by molar-refractivity contribution is -0.114. The van der Waals surface area contributed by atoms with E-state index in [1.165, 1.54) is 0 Å². The highest BCUT2D eigenvalue weighted by atomic mass is 19.3. The molecule has 1 aliphatic heterocycles. The zero-order chi connectivity index (χ0) is 23.2. The van der Waals surface area contributed by atoms with Crippen molar-refractivity contribution >= 4 is 5.91 Å². The molecule has 3 aromatic rings. The van der Waals surface area contributed by atoms with E-state index < -0.39 is 24.6 Å². The van der Waals surface area contributed by atoms with Crippen molar-refractivity contribution in [3.63, 3.8) is 0 Å². The van der Waals surface area contributed by atoms with Gasteiger partial charge in [0.05, 0.1) is 17.9 Å². The Morgan fingerprint density at radius 3 is 2.67 bits per heavy atom. The van der Waals surface area contributed by atoms with Crippen LogP contribution < -0.4 is 4.74 Å². The highest BCUT2D eigenvalue weighted by Crippen LogP contribution is 2.38. The lowest BCUT2D eigenvalue weighted by Crippen LogP contribution is -2.42. The van der Waals surface area contributed by atoms with Crippen molar-refractivity contribution in [2.24, 2.45) is 7.05 Å². The third-order valence-electron chi connectivity index (χ3n) is 6.35. The average Bonchev–Trinajstić information content (AvgIpc) is 3.34. The molecule has 2 heterocycles. The van der Waals surface area contributed by atoms with Gasteiger partial charge in [-0.25, -0.2) is 8.78 Å². The number of ether oxygens (including phenoxy) is 1. The predicted octanol–water partition coefficient (Wildman–Crippen LogP) is 4.17. The van der Waals surface area contributed by atoms with Crippen molar-refractivity contribution in [2.45, 2.75) is 50.5 Å². The molecule has 33 heavy (non-hydrogen) atoms. The van der Waals surface area contributed by atoms with Crippen LogP contribution >= 0.6 is 0 Å². The summed E-state index contributed by atoms with van der Waals surface area (Å²) in [4.78, 5) is 14.9. The maximum Gasteiger partial charge on any atom is 0.258 e. The minimum absolute atomic E-state index is 0.0407. The molecule has 0 spiro atoms. The maximum absolute atomic E-state index is 13.5. The van der Waals surface area contributed by atoms with Gasteiger partial charge in [-0.2, -0.15) is 5.10 Å². The SMILES string of the molecule is Cn1cc(-c2ccc(CN3Cc4cccc(O[C@@H]5CCC(F)(F)C[C@H]5O)c4C3=O)cc2)cn1. The molecule has 0 bridgehead atoms. The molecule has 5 rings (SSSR count). The number of benzene rings is 2. The second-order valence-electron chi connectivity index (χ2n) is 8.87. The van der Waals surface area contributed by atoms with Gasteiger partial charge in [-0.15, -0.1) is 0 Å². The lowest BCUT2D eigenvalue weighted by Gasteiger charge is -2.33. The summed E-state index contributed by atoms with van der Waals surface area (Å²) in [6.07, 6.45) is 0.816. The molecule has 2 aliphatic rings. The van der Waals surface area contributed by atoms with Crippen LogP contribution in [0.4, 0.5) is 8.78 Å². The summed E-state index contributed by atoms with van der Waals surface area (Å²) in [5, 5.41) is 14.3. The quantitative estimate of drug-likeness (QED) is 0.630. The van der Waals surface area contributed by atoms with Gasteiger partial charge >= 0.3 is 0 Å². The van der Waals surface area contributed by atoms with Crippen LogP contribution in [0.15, 0.2) is 54.9 Å². The van der Waals surface area contributed by atoms with E-state index >= 15 is 0 Å². The highest BCUT2D eigenvalue weighted by molar-refractivity contribution is 6.01. The van der Waals surface area contributed by atoms with Crippen molar-refractivity contribution in [3.8, 4) is 16.9 Å². The molecule has 172 valence electrons. The number of fused-ring (bicyclic) bond motifs is 1. The minimum atomic E-state index is -2.88. The number of aliphatic hydroxyl groups is 1. The highest BCUT2D eigenvalue weighted by Gasteiger charge is 2.42. The maximum atomic E-state index is 13.5. The van der Waals surface area contributed by atoms with Gasteiger partial charge in [0.2, 0.25) is 0 Å². The fourth-order valence-corrected chi connectivity index (χ4v) is 4.59. The van der Waals surface area contributed by atoms with E-state index in [1.807, 2.05) is 49.8 Å². The molecule has 1 fully saturated rings. The smallest absolute Gasteiger partial charge is 0.258 e. The molecule has 6 nitrogen and oxygen atoms in total. The van der Waals surface area contributed by atoms with Crippen molar-refractivity contribution in [2.75, 3.05) is 0 Å². The molecular weight excluding hydrogens is 428 g/mol. The Kier molecular flexibility index (Phi) is 5.40. The van der Waals surface area contributed by atoms with Gasteiger partial charge in [-0.1, -0.05) is 36.4 Å². The summed E-state index contributed by atoms with van der Waals surface area (Å²) in [5.74, 6) is -2.69. The Morgan fingerprint density at radius 2 is 1.97 bits per heavy atom. The Bertz CT molecular complexity index is 1180. The molecule has 8 heteroatoms. The topological polar surface area (TPSA) is 67.6 Å². The van der Waals surface area contributed by atoms with Gasteiger partial charge in [-0.05, 0) is 29.2 Å². The third kappa shape index (κ3) is 4.35. The van der Waals surface area contributed by atoms with Crippen LogP contribution in [0.5, 0.6) is 5.75 Å². The first-order valence-corrected chi connectivity index (χ1v) is 11.0. The van der Waals surface area contributed by atoms with Crippen LogP contribution in [0.3, 0.4) is 0 Å². The molecule has 1 aromatic heterocycles. The number of aromatic nitrogens is 2. The van der Waals surface area contributed by atoms with E-state index in [4.69, 9.17) is 4.74 Å². The number of carbonyl (C=O) groups is 1. The van der Waals surface area contributed by atoms with Crippen LogP contribution in [0.2, 0.25) is 0 Å². The number of halogens is 2. The van der Waals surface area contributed by atoms with E-state index in [2.05, 4.69) is 5.10 Å². The molecule has 0 saturated heterocycles. The molecule has 2 atom stereocenters. The van der Waals surface area contributed by atoms with Crippen LogP contribution in [-0.2, 0) is 20.1 Å². The van der Waals surface area contributed by atoms with Gasteiger partial charge in [0.1, 0.15) is 11.9 Å². The largest absolute Gasteiger partial charge is 0.487 e. The molecule has 1 N–H and O–H groups in total.